The van der Waals surface area contributed by atoms with E-state index in [1.165, 1.54) is 5.43 Å². The summed E-state index contributed by atoms with van der Waals surface area (Å²) in [5, 5.41) is 7.49. The SMILES string of the molecule is CN(C)C.NNC(=O)O. The highest BCUT2D eigenvalue weighted by molar-refractivity contribution is 5.63. The molecule has 0 heterocycles. The van der Waals surface area contributed by atoms with Crippen LogP contribution in [0.1, 0.15) is 0 Å². The Balaban J connectivity index is 0. The van der Waals surface area contributed by atoms with Gasteiger partial charge in [-0.15, -0.1) is 0 Å². The molecule has 0 saturated carbocycles. The maximum atomic E-state index is 9.13. The van der Waals surface area contributed by atoms with Crippen LogP contribution in [0.15, 0.2) is 0 Å². The molecule has 5 heteroatoms. The van der Waals surface area contributed by atoms with Crippen molar-refractivity contribution in [2.45, 2.75) is 0 Å². The van der Waals surface area contributed by atoms with Crippen LogP contribution in [-0.4, -0.2) is 37.2 Å². The summed E-state index contributed by atoms with van der Waals surface area (Å²) in [7, 11) is 6.00. The molecule has 9 heavy (non-hydrogen) atoms. The van der Waals surface area contributed by atoms with Gasteiger partial charge in [-0.3, -0.25) is 5.43 Å². The molecule has 0 aliphatic carbocycles. The molecule has 0 aliphatic heterocycles. The molecule has 0 spiro atoms. The molecule has 0 unspecified atom stereocenters. The Labute approximate surface area is 54.4 Å². The molecule has 5 nitrogen and oxygen atoms in total. The molecule has 0 saturated heterocycles. The first-order chi connectivity index (χ1) is 4.00. The van der Waals surface area contributed by atoms with E-state index < -0.39 is 6.09 Å². The standard InChI is InChI=1S/C3H9N.CH4N2O2/c1-4(2)3;2-3-1(4)5/h1-3H3;3H,2H2,(H,4,5). The Morgan fingerprint density at radius 3 is 1.67 bits per heavy atom. The second kappa shape index (κ2) is 7.19. The number of hydrazine groups is 1. The number of nitrogens with zero attached hydrogens (tertiary/aromatic N) is 1. The molecule has 0 fully saturated rings. The van der Waals surface area contributed by atoms with E-state index in [2.05, 4.69) is 5.84 Å². The Morgan fingerprint density at radius 2 is 1.67 bits per heavy atom. The quantitative estimate of drug-likeness (QED) is 0.233. The zero-order chi connectivity index (χ0) is 7.86. The van der Waals surface area contributed by atoms with Crippen LogP contribution >= 0.6 is 0 Å². The van der Waals surface area contributed by atoms with Crippen LogP contribution in [0.2, 0.25) is 0 Å². The maximum absolute atomic E-state index is 9.13. The van der Waals surface area contributed by atoms with Crippen LogP contribution in [-0.2, 0) is 0 Å². The number of nitrogens with two attached hydrogens (primary N) is 1. The van der Waals surface area contributed by atoms with Gasteiger partial charge in [0, 0.05) is 0 Å². The highest BCUT2D eigenvalue weighted by Crippen LogP contribution is 1.47. The summed E-state index contributed by atoms with van der Waals surface area (Å²) in [6.07, 6.45) is -1.22. The largest absolute Gasteiger partial charge is 0.464 e. The van der Waals surface area contributed by atoms with Crippen molar-refractivity contribution < 1.29 is 9.90 Å². The second-order valence-corrected chi connectivity index (χ2v) is 1.79. The molecule has 4 N–H and O–H groups in total. The van der Waals surface area contributed by atoms with Gasteiger partial charge < -0.3 is 10.0 Å². The third-order valence-corrected chi connectivity index (χ3v) is 0.123. The van der Waals surface area contributed by atoms with E-state index in [-0.39, 0.29) is 0 Å². The third-order valence-electron chi connectivity index (χ3n) is 0.123. The first-order valence-electron chi connectivity index (χ1n) is 2.31. The fourth-order valence-electron chi connectivity index (χ4n) is 0. The van der Waals surface area contributed by atoms with Gasteiger partial charge in [-0.25, -0.2) is 10.6 Å². The van der Waals surface area contributed by atoms with E-state index >= 15 is 0 Å². The number of carboxylic acid groups (broad SMARTS) is 1. The molecule has 56 valence electrons. The second-order valence-electron chi connectivity index (χ2n) is 1.79. The summed E-state index contributed by atoms with van der Waals surface area (Å²) < 4.78 is 0. The van der Waals surface area contributed by atoms with E-state index in [1.54, 1.807) is 0 Å². The predicted octanol–water partition coefficient (Wildman–Crippen LogP) is -0.694. The predicted molar refractivity (Wildman–Crippen MR) is 35.0 cm³/mol. The van der Waals surface area contributed by atoms with Gasteiger partial charge in [0.25, 0.3) is 0 Å². The number of nitrogens with one attached hydrogen (secondary N) is 1. The van der Waals surface area contributed by atoms with Gasteiger partial charge in [0.2, 0.25) is 0 Å². The van der Waals surface area contributed by atoms with Gasteiger partial charge in [0.1, 0.15) is 0 Å². The van der Waals surface area contributed by atoms with Crippen molar-refractivity contribution in [3.8, 4) is 0 Å². The minimum atomic E-state index is -1.22. The average molecular weight is 135 g/mol. The summed E-state index contributed by atoms with van der Waals surface area (Å²) in [5.74, 6) is 4.32. The lowest BCUT2D eigenvalue weighted by Crippen LogP contribution is -2.27. The number of hydrogen-bond donors (Lipinski definition) is 3. The Hall–Kier alpha value is -0.810. The van der Waals surface area contributed by atoms with Crippen LogP contribution in [0.5, 0.6) is 0 Å². The molecule has 0 aliphatic rings. The highest BCUT2D eigenvalue weighted by atomic mass is 16.4. The minimum absolute atomic E-state index is 1.22. The monoisotopic (exact) mass is 135 g/mol. The molecule has 0 rings (SSSR count). The van der Waals surface area contributed by atoms with Crippen LogP contribution < -0.4 is 11.3 Å². The molecule has 0 aromatic rings. The third kappa shape index (κ3) is 137. The van der Waals surface area contributed by atoms with Gasteiger partial charge in [-0.2, -0.15) is 0 Å². The molecule has 0 atom stereocenters. The lowest BCUT2D eigenvalue weighted by atomic mass is 11.0. The summed E-state index contributed by atoms with van der Waals surface area (Å²) in [6, 6.07) is 0. The fraction of sp³-hybridized carbons (Fsp3) is 0.750. The van der Waals surface area contributed by atoms with E-state index in [9.17, 15) is 0 Å². The zero-order valence-electron chi connectivity index (χ0n) is 5.88. The summed E-state index contributed by atoms with van der Waals surface area (Å²) in [4.78, 5) is 11.1. The average Bonchev–Trinajstić information content (AvgIpc) is 1.65. The number of carbonyl (C=O) groups is 1. The smallest absolute Gasteiger partial charge is 0.418 e. The molecule has 0 aromatic carbocycles. The maximum Gasteiger partial charge on any atom is 0.418 e. The first-order valence-corrected chi connectivity index (χ1v) is 2.31. The number of rotatable bonds is 0. The van der Waals surface area contributed by atoms with Crippen molar-refractivity contribution in [1.82, 2.24) is 10.3 Å². The molecule has 0 radical (unpaired) electrons. The molecular formula is C4H13N3O2. The molecule has 1 amide bonds. The fourth-order valence-corrected chi connectivity index (χ4v) is 0. The highest BCUT2D eigenvalue weighted by Gasteiger charge is 1.77. The first kappa shape index (κ1) is 11.0. The van der Waals surface area contributed by atoms with Gasteiger partial charge in [0.05, 0.1) is 0 Å². The minimum Gasteiger partial charge on any atom is -0.464 e. The van der Waals surface area contributed by atoms with Crippen molar-refractivity contribution in [3.05, 3.63) is 0 Å². The normalized spacial score (nSPS) is 7.67. The van der Waals surface area contributed by atoms with Gasteiger partial charge in [-0.05, 0) is 21.1 Å². The van der Waals surface area contributed by atoms with Crippen molar-refractivity contribution in [3.63, 3.8) is 0 Å². The molecule has 0 aromatic heterocycles. The number of amides is 1. The summed E-state index contributed by atoms with van der Waals surface area (Å²) >= 11 is 0. The Morgan fingerprint density at radius 1 is 1.56 bits per heavy atom. The lowest BCUT2D eigenvalue weighted by molar-refractivity contribution is 0.194. The van der Waals surface area contributed by atoms with Crippen LogP contribution in [0.25, 0.3) is 0 Å². The van der Waals surface area contributed by atoms with E-state index in [0.717, 1.165) is 0 Å². The van der Waals surface area contributed by atoms with Gasteiger partial charge in [-0.1, -0.05) is 0 Å². The van der Waals surface area contributed by atoms with Crippen LogP contribution in [0, 0.1) is 0 Å². The zero-order valence-corrected chi connectivity index (χ0v) is 5.88. The van der Waals surface area contributed by atoms with Crippen LogP contribution in [0.4, 0.5) is 4.79 Å². The van der Waals surface area contributed by atoms with E-state index in [4.69, 9.17) is 9.90 Å². The van der Waals surface area contributed by atoms with Crippen molar-refractivity contribution >= 4 is 6.09 Å². The Kier molecular flexibility index (Phi) is 8.83. The topological polar surface area (TPSA) is 78.6 Å². The number of hydrogen-bond acceptors (Lipinski definition) is 3. The molecular weight excluding hydrogens is 122 g/mol. The van der Waals surface area contributed by atoms with Crippen LogP contribution in [0.3, 0.4) is 0 Å². The Bertz CT molecular complexity index is 71.5. The summed E-state index contributed by atoms with van der Waals surface area (Å²) in [5.41, 5.74) is 1.44. The summed E-state index contributed by atoms with van der Waals surface area (Å²) in [6.45, 7) is 0. The van der Waals surface area contributed by atoms with Crippen molar-refractivity contribution in [2.75, 3.05) is 21.1 Å². The van der Waals surface area contributed by atoms with Crippen molar-refractivity contribution in [1.29, 1.82) is 0 Å². The van der Waals surface area contributed by atoms with E-state index in [1.807, 2.05) is 26.0 Å². The van der Waals surface area contributed by atoms with E-state index in [0.29, 0.717) is 0 Å². The van der Waals surface area contributed by atoms with Gasteiger partial charge >= 0.3 is 6.09 Å². The van der Waals surface area contributed by atoms with Crippen molar-refractivity contribution in [2.24, 2.45) is 5.84 Å². The molecule has 0 bridgehead atoms. The van der Waals surface area contributed by atoms with Gasteiger partial charge in [0.15, 0.2) is 0 Å². The lowest BCUT2D eigenvalue weighted by Gasteiger charge is -1.90.